The molecule has 2 heterocycles. The molecular formula is C16H17FN2O2. The summed E-state index contributed by atoms with van der Waals surface area (Å²) in [5, 5.41) is 4.63. The molecule has 2 aliphatic rings. The van der Waals surface area contributed by atoms with Gasteiger partial charge in [-0.25, -0.2) is 4.39 Å². The maximum absolute atomic E-state index is 12.9. The first kappa shape index (κ1) is 13.0. The minimum Gasteiger partial charge on any atom is -0.347 e. The van der Waals surface area contributed by atoms with Crippen LogP contribution in [0.15, 0.2) is 30.5 Å². The van der Waals surface area contributed by atoms with Crippen LogP contribution in [0.25, 0.3) is 0 Å². The van der Waals surface area contributed by atoms with Crippen molar-refractivity contribution in [2.45, 2.75) is 31.6 Å². The zero-order valence-electron chi connectivity index (χ0n) is 11.7. The highest BCUT2D eigenvalue weighted by Gasteiger charge is 2.40. The zero-order valence-corrected chi connectivity index (χ0v) is 11.7. The maximum Gasteiger partial charge on any atom is 0.172 e. The number of rotatable bonds is 2. The van der Waals surface area contributed by atoms with Crippen molar-refractivity contribution in [2.24, 2.45) is 0 Å². The molecule has 1 fully saturated rings. The van der Waals surface area contributed by atoms with E-state index in [4.69, 9.17) is 9.47 Å². The molecule has 0 N–H and O–H groups in total. The highest BCUT2D eigenvalue weighted by molar-refractivity contribution is 5.24. The summed E-state index contributed by atoms with van der Waals surface area (Å²) in [4.78, 5) is 0. The van der Waals surface area contributed by atoms with Gasteiger partial charge in [-0.2, -0.15) is 5.10 Å². The van der Waals surface area contributed by atoms with E-state index in [0.717, 1.165) is 30.5 Å². The summed E-state index contributed by atoms with van der Waals surface area (Å²) in [6.07, 6.45) is 4.58. The van der Waals surface area contributed by atoms with Gasteiger partial charge in [0, 0.05) is 19.0 Å². The molecule has 2 aromatic rings. The minimum absolute atomic E-state index is 0.212. The fourth-order valence-corrected chi connectivity index (χ4v) is 3.15. The second-order valence-electron chi connectivity index (χ2n) is 5.71. The van der Waals surface area contributed by atoms with Crippen molar-refractivity contribution < 1.29 is 13.9 Å². The van der Waals surface area contributed by atoms with E-state index >= 15 is 0 Å². The number of aromatic nitrogens is 2. The van der Waals surface area contributed by atoms with E-state index in [0.29, 0.717) is 19.8 Å². The van der Waals surface area contributed by atoms with E-state index in [1.165, 1.54) is 17.7 Å². The average molecular weight is 288 g/mol. The van der Waals surface area contributed by atoms with Crippen LogP contribution in [0, 0.1) is 5.82 Å². The Morgan fingerprint density at radius 1 is 1.19 bits per heavy atom. The first-order valence-electron chi connectivity index (χ1n) is 7.30. The molecule has 1 aliphatic heterocycles. The van der Waals surface area contributed by atoms with Gasteiger partial charge in [-0.05, 0) is 29.7 Å². The average Bonchev–Trinajstić information content (AvgIpc) is 3.08. The summed E-state index contributed by atoms with van der Waals surface area (Å²) < 4.78 is 26.4. The third-order valence-electron chi connectivity index (χ3n) is 4.20. The lowest BCUT2D eigenvalue weighted by molar-refractivity contribution is -0.163. The number of aryl methyl sites for hydroxylation is 1. The van der Waals surface area contributed by atoms with E-state index in [-0.39, 0.29) is 5.82 Å². The largest absolute Gasteiger partial charge is 0.347 e. The molecule has 0 saturated carbocycles. The SMILES string of the molecule is Fc1ccc(Cn2cc3c(n2)CCC2(C3)OCCO2)cc1. The summed E-state index contributed by atoms with van der Waals surface area (Å²) >= 11 is 0. The van der Waals surface area contributed by atoms with E-state index in [9.17, 15) is 4.39 Å². The predicted molar refractivity (Wildman–Crippen MR) is 74.4 cm³/mol. The lowest BCUT2D eigenvalue weighted by Gasteiger charge is -2.30. The van der Waals surface area contributed by atoms with Crippen molar-refractivity contribution in [3.05, 3.63) is 53.1 Å². The molecule has 5 heteroatoms. The van der Waals surface area contributed by atoms with Gasteiger partial charge < -0.3 is 9.47 Å². The first-order chi connectivity index (χ1) is 10.2. The summed E-state index contributed by atoms with van der Waals surface area (Å²) in [6, 6.07) is 6.54. The van der Waals surface area contributed by atoms with Crippen LogP contribution in [0.1, 0.15) is 23.2 Å². The lowest BCUT2D eigenvalue weighted by Crippen LogP contribution is -2.36. The second-order valence-corrected chi connectivity index (χ2v) is 5.71. The number of ether oxygens (including phenoxy) is 2. The van der Waals surface area contributed by atoms with Crippen LogP contribution >= 0.6 is 0 Å². The highest BCUT2D eigenvalue weighted by atomic mass is 19.1. The van der Waals surface area contributed by atoms with Gasteiger partial charge in [0.05, 0.1) is 25.5 Å². The fraction of sp³-hybridized carbons (Fsp3) is 0.438. The molecule has 0 unspecified atom stereocenters. The van der Waals surface area contributed by atoms with Crippen molar-refractivity contribution >= 4 is 0 Å². The molecule has 1 aromatic heterocycles. The van der Waals surface area contributed by atoms with Gasteiger partial charge in [-0.3, -0.25) is 4.68 Å². The maximum atomic E-state index is 12.9. The van der Waals surface area contributed by atoms with Gasteiger partial charge in [0.1, 0.15) is 5.82 Å². The van der Waals surface area contributed by atoms with Gasteiger partial charge in [0.15, 0.2) is 5.79 Å². The van der Waals surface area contributed by atoms with E-state index in [1.807, 2.05) is 4.68 Å². The second kappa shape index (κ2) is 4.93. The molecule has 1 spiro atoms. The van der Waals surface area contributed by atoms with E-state index in [1.54, 1.807) is 12.1 Å². The van der Waals surface area contributed by atoms with E-state index in [2.05, 4.69) is 11.3 Å². The monoisotopic (exact) mass is 288 g/mol. The van der Waals surface area contributed by atoms with Crippen molar-refractivity contribution in [2.75, 3.05) is 13.2 Å². The first-order valence-corrected chi connectivity index (χ1v) is 7.30. The van der Waals surface area contributed by atoms with Gasteiger partial charge in [0.2, 0.25) is 0 Å². The Balaban J connectivity index is 1.54. The van der Waals surface area contributed by atoms with Crippen LogP contribution < -0.4 is 0 Å². The molecule has 1 aliphatic carbocycles. The van der Waals surface area contributed by atoms with Crippen LogP contribution in [-0.4, -0.2) is 28.8 Å². The van der Waals surface area contributed by atoms with Crippen LogP contribution in [0.3, 0.4) is 0 Å². The van der Waals surface area contributed by atoms with Crippen LogP contribution in [0.4, 0.5) is 4.39 Å². The third kappa shape index (κ3) is 2.47. The van der Waals surface area contributed by atoms with Crippen LogP contribution in [0.2, 0.25) is 0 Å². The molecule has 0 bridgehead atoms. The Morgan fingerprint density at radius 3 is 2.71 bits per heavy atom. The Kier molecular flexibility index (Phi) is 3.05. The highest BCUT2D eigenvalue weighted by Crippen LogP contribution is 2.34. The molecular weight excluding hydrogens is 271 g/mol. The van der Waals surface area contributed by atoms with Crippen LogP contribution in [-0.2, 0) is 28.9 Å². The molecule has 4 nitrogen and oxygen atoms in total. The molecule has 1 aromatic carbocycles. The zero-order chi connectivity index (χ0) is 14.3. The number of benzene rings is 1. The lowest BCUT2D eigenvalue weighted by atomic mass is 9.92. The standard InChI is InChI=1S/C16H17FN2O2/c17-14-3-1-12(2-4-14)10-19-11-13-9-16(20-7-8-21-16)6-5-15(13)18-19/h1-4,11H,5-10H2. The van der Waals surface area contributed by atoms with Crippen LogP contribution in [0.5, 0.6) is 0 Å². The number of halogens is 1. The van der Waals surface area contributed by atoms with Crippen molar-refractivity contribution in [1.82, 2.24) is 9.78 Å². The normalized spacial score (nSPS) is 19.9. The van der Waals surface area contributed by atoms with Crippen molar-refractivity contribution in [3.63, 3.8) is 0 Å². The van der Waals surface area contributed by atoms with Crippen molar-refractivity contribution in [1.29, 1.82) is 0 Å². The molecule has 0 radical (unpaired) electrons. The Bertz CT molecular complexity index is 645. The summed E-state index contributed by atoms with van der Waals surface area (Å²) in [5.74, 6) is -0.632. The van der Waals surface area contributed by atoms with E-state index < -0.39 is 5.79 Å². The number of fused-ring (bicyclic) bond motifs is 1. The summed E-state index contributed by atoms with van der Waals surface area (Å²) in [5.41, 5.74) is 3.37. The molecule has 0 amide bonds. The molecule has 110 valence electrons. The van der Waals surface area contributed by atoms with Crippen molar-refractivity contribution in [3.8, 4) is 0 Å². The van der Waals surface area contributed by atoms with Gasteiger partial charge in [0.25, 0.3) is 0 Å². The molecule has 0 atom stereocenters. The quantitative estimate of drug-likeness (QED) is 0.851. The molecule has 21 heavy (non-hydrogen) atoms. The minimum atomic E-state index is -0.420. The Morgan fingerprint density at radius 2 is 1.95 bits per heavy atom. The third-order valence-corrected chi connectivity index (χ3v) is 4.20. The van der Waals surface area contributed by atoms with Gasteiger partial charge in [-0.1, -0.05) is 12.1 Å². The topological polar surface area (TPSA) is 36.3 Å². The summed E-state index contributed by atoms with van der Waals surface area (Å²) in [7, 11) is 0. The number of nitrogens with zero attached hydrogens (tertiary/aromatic N) is 2. The Labute approximate surface area is 122 Å². The van der Waals surface area contributed by atoms with Gasteiger partial charge in [-0.15, -0.1) is 0 Å². The number of hydrogen-bond acceptors (Lipinski definition) is 3. The predicted octanol–water partition coefficient (Wildman–Crippen LogP) is 2.30. The smallest absolute Gasteiger partial charge is 0.172 e. The number of hydrogen-bond donors (Lipinski definition) is 0. The summed E-state index contributed by atoms with van der Waals surface area (Å²) in [6.45, 7) is 2.01. The fourth-order valence-electron chi connectivity index (χ4n) is 3.15. The Hall–Kier alpha value is -1.72. The molecule has 1 saturated heterocycles. The molecule has 4 rings (SSSR count). The van der Waals surface area contributed by atoms with Gasteiger partial charge >= 0.3 is 0 Å².